The molecule has 2 nitrogen and oxygen atoms in total. The second-order valence-corrected chi connectivity index (χ2v) is 3.40. The minimum absolute atomic E-state index is 0.463. The van der Waals surface area contributed by atoms with E-state index in [1.54, 1.807) is 12.1 Å². The van der Waals surface area contributed by atoms with Crippen molar-refractivity contribution in [3.8, 4) is 18.4 Å². The molecular weight excluding hydrogens is 208 g/mol. The summed E-state index contributed by atoms with van der Waals surface area (Å²) in [7, 11) is 0. The third-order valence-corrected chi connectivity index (χ3v) is 2.41. The van der Waals surface area contributed by atoms with Gasteiger partial charge in [0.1, 0.15) is 6.07 Å². The summed E-state index contributed by atoms with van der Waals surface area (Å²) in [5, 5.41) is 9.19. The molecule has 0 amide bonds. The number of benzene rings is 1. The lowest BCUT2D eigenvalue weighted by Gasteiger charge is -2.20. The van der Waals surface area contributed by atoms with E-state index in [0.717, 1.165) is 12.2 Å². The molecule has 0 radical (unpaired) electrons. The maximum Gasteiger partial charge on any atom is 0.101 e. The molecule has 15 heavy (non-hydrogen) atoms. The zero-order valence-electron chi connectivity index (χ0n) is 8.50. The molecule has 0 aliphatic rings. The monoisotopic (exact) mass is 218 g/mol. The first kappa shape index (κ1) is 11.4. The normalized spacial score (nSPS) is 9.07. The number of hydrogen-bond acceptors (Lipinski definition) is 2. The van der Waals surface area contributed by atoms with Crippen LogP contribution in [0.25, 0.3) is 0 Å². The van der Waals surface area contributed by atoms with Gasteiger partial charge in [-0.15, -0.1) is 6.42 Å². The van der Waals surface area contributed by atoms with Crippen LogP contribution in [-0.4, -0.2) is 13.1 Å². The van der Waals surface area contributed by atoms with Gasteiger partial charge in [0.2, 0.25) is 0 Å². The van der Waals surface area contributed by atoms with E-state index in [9.17, 15) is 0 Å². The van der Waals surface area contributed by atoms with Crippen LogP contribution in [0.4, 0.5) is 5.69 Å². The summed E-state index contributed by atoms with van der Waals surface area (Å²) < 4.78 is 0. The van der Waals surface area contributed by atoms with Gasteiger partial charge in [-0.1, -0.05) is 17.5 Å². The Bertz CT molecular complexity index is 426. The minimum atomic E-state index is 0.463. The molecule has 0 aliphatic heterocycles. The van der Waals surface area contributed by atoms with E-state index in [1.807, 2.05) is 24.0 Å². The van der Waals surface area contributed by atoms with Gasteiger partial charge in [-0.25, -0.2) is 0 Å². The van der Waals surface area contributed by atoms with Gasteiger partial charge in [0.25, 0.3) is 0 Å². The Labute approximate surface area is 95.1 Å². The highest BCUT2D eigenvalue weighted by atomic mass is 35.5. The number of halogens is 1. The van der Waals surface area contributed by atoms with Crippen molar-refractivity contribution in [3.63, 3.8) is 0 Å². The van der Waals surface area contributed by atoms with Crippen molar-refractivity contribution in [2.24, 2.45) is 0 Å². The molecule has 0 heterocycles. The molecule has 0 spiro atoms. The lowest BCUT2D eigenvalue weighted by molar-refractivity contribution is 0.918. The summed E-state index contributed by atoms with van der Waals surface area (Å²) in [5.74, 6) is 2.58. The zero-order valence-corrected chi connectivity index (χ0v) is 9.25. The van der Waals surface area contributed by atoms with Crippen molar-refractivity contribution in [3.05, 3.63) is 28.8 Å². The van der Waals surface area contributed by atoms with Crippen LogP contribution in [0.2, 0.25) is 5.02 Å². The van der Waals surface area contributed by atoms with Crippen LogP contribution < -0.4 is 4.90 Å². The summed E-state index contributed by atoms with van der Waals surface area (Å²) in [4.78, 5) is 2.01. The van der Waals surface area contributed by atoms with Crippen LogP contribution in [0.3, 0.4) is 0 Å². The molecule has 76 valence electrons. The average Bonchev–Trinajstić information content (AvgIpc) is 2.25. The Morgan fingerprint density at radius 3 is 2.73 bits per heavy atom. The van der Waals surface area contributed by atoms with E-state index < -0.39 is 0 Å². The fraction of sp³-hybridized carbons (Fsp3) is 0.250. The molecule has 1 rings (SSSR count). The van der Waals surface area contributed by atoms with Gasteiger partial charge in [-0.2, -0.15) is 5.26 Å². The average molecular weight is 219 g/mol. The number of nitriles is 1. The summed E-state index contributed by atoms with van der Waals surface area (Å²) in [6.07, 6.45) is 5.26. The molecule has 0 N–H and O–H groups in total. The van der Waals surface area contributed by atoms with E-state index in [2.05, 4.69) is 5.92 Å². The van der Waals surface area contributed by atoms with Crippen LogP contribution in [-0.2, 0) is 0 Å². The van der Waals surface area contributed by atoms with E-state index in [0.29, 0.717) is 17.1 Å². The molecule has 0 unspecified atom stereocenters. The van der Waals surface area contributed by atoms with Gasteiger partial charge in [0, 0.05) is 12.2 Å². The standard InChI is InChI=1S/C12H11ClN2/c1-3-7-15(4-2)11-6-5-10(9-14)12(13)8-11/h1,5-6,8H,4,7H2,2H3. The quantitative estimate of drug-likeness (QED) is 0.730. The van der Waals surface area contributed by atoms with E-state index in [-0.39, 0.29) is 0 Å². The van der Waals surface area contributed by atoms with Crippen molar-refractivity contribution in [1.29, 1.82) is 5.26 Å². The second kappa shape index (κ2) is 5.29. The Hall–Kier alpha value is -1.64. The highest BCUT2D eigenvalue weighted by Gasteiger charge is 2.05. The van der Waals surface area contributed by atoms with Crippen LogP contribution in [0.5, 0.6) is 0 Å². The molecule has 0 aromatic heterocycles. The van der Waals surface area contributed by atoms with Crippen molar-refractivity contribution in [2.45, 2.75) is 6.92 Å². The molecule has 0 saturated heterocycles. The number of rotatable bonds is 3. The molecule has 0 fully saturated rings. The smallest absolute Gasteiger partial charge is 0.101 e. The van der Waals surface area contributed by atoms with Crippen LogP contribution in [0.1, 0.15) is 12.5 Å². The Morgan fingerprint density at radius 2 is 2.27 bits per heavy atom. The van der Waals surface area contributed by atoms with Crippen molar-refractivity contribution in [1.82, 2.24) is 0 Å². The Kier molecular flexibility index (Phi) is 4.03. The number of terminal acetylenes is 1. The minimum Gasteiger partial charge on any atom is -0.361 e. The van der Waals surface area contributed by atoms with Crippen molar-refractivity contribution < 1.29 is 0 Å². The lowest BCUT2D eigenvalue weighted by atomic mass is 10.2. The SMILES string of the molecule is C#CCN(CC)c1ccc(C#N)c(Cl)c1. The summed E-state index contributed by atoms with van der Waals surface area (Å²) in [6, 6.07) is 7.34. The van der Waals surface area contributed by atoms with Gasteiger partial charge in [-0.3, -0.25) is 0 Å². The van der Waals surface area contributed by atoms with Crippen LogP contribution in [0.15, 0.2) is 18.2 Å². The van der Waals surface area contributed by atoms with E-state index >= 15 is 0 Å². The Balaban J connectivity index is 3.02. The van der Waals surface area contributed by atoms with Gasteiger partial charge < -0.3 is 4.90 Å². The first-order valence-corrected chi connectivity index (χ1v) is 4.98. The van der Waals surface area contributed by atoms with Crippen LogP contribution in [0, 0.1) is 23.7 Å². The summed E-state index contributed by atoms with van der Waals surface area (Å²) in [6.45, 7) is 3.37. The third-order valence-electron chi connectivity index (χ3n) is 2.10. The van der Waals surface area contributed by atoms with E-state index in [4.69, 9.17) is 23.3 Å². The molecule has 0 bridgehead atoms. The first-order valence-electron chi connectivity index (χ1n) is 4.61. The molecule has 0 saturated carbocycles. The summed E-state index contributed by atoms with van der Waals surface area (Å²) >= 11 is 5.93. The lowest BCUT2D eigenvalue weighted by Crippen LogP contribution is -2.22. The molecule has 1 aromatic carbocycles. The fourth-order valence-electron chi connectivity index (χ4n) is 1.29. The maximum atomic E-state index is 8.73. The number of nitrogens with zero attached hydrogens (tertiary/aromatic N) is 2. The second-order valence-electron chi connectivity index (χ2n) is 2.99. The van der Waals surface area contributed by atoms with Gasteiger partial charge in [0.15, 0.2) is 0 Å². The van der Waals surface area contributed by atoms with Crippen LogP contribution >= 0.6 is 11.6 Å². The third kappa shape index (κ3) is 2.65. The predicted octanol–water partition coefficient (Wildman–Crippen LogP) is 2.67. The Morgan fingerprint density at radius 1 is 1.53 bits per heavy atom. The van der Waals surface area contributed by atoms with Gasteiger partial charge >= 0.3 is 0 Å². The van der Waals surface area contributed by atoms with Crippen molar-refractivity contribution in [2.75, 3.05) is 18.0 Å². The maximum absolute atomic E-state index is 8.73. The topological polar surface area (TPSA) is 27.0 Å². The van der Waals surface area contributed by atoms with Gasteiger partial charge in [-0.05, 0) is 25.1 Å². The predicted molar refractivity (Wildman–Crippen MR) is 62.9 cm³/mol. The number of hydrogen-bond donors (Lipinski definition) is 0. The molecular formula is C12H11ClN2. The first-order chi connectivity index (χ1) is 7.22. The largest absolute Gasteiger partial charge is 0.361 e. The summed E-state index contributed by atoms with van der Waals surface area (Å²) in [5.41, 5.74) is 1.43. The van der Waals surface area contributed by atoms with E-state index in [1.165, 1.54) is 0 Å². The molecule has 0 aliphatic carbocycles. The number of anilines is 1. The molecule has 1 aromatic rings. The zero-order chi connectivity index (χ0) is 11.3. The highest BCUT2D eigenvalue weighted by molar-refractivity contribution is 6.32. The van der Waals surface area contributed by atoms with Gasteiger partial charge in [0.05, 0.1) is 17.1 Å². The molecule has 0 atom stereocenters. The molecule has 3 heteroatoms. The fourth-order valence-corrected chi connectivity index (χ4v) is 1.50. The highest BCUT2D eigenvalue weighted by Crippen LogP contribution is 2.22. The van der Waals surface area contributed by atoms with Crippen molar-refractivity contribution >= 4 is 17.3 Å².